The minimum absolute atomic E-state index is 0.211. The van der Waals surface area contributed by atoms with Gasteiger partial charge in [-0.3, -0.25) is 0 Å². The van der Waals surface area contributed by atoms with Gasteiger partial charge in [-0.15, -0.1) is 0 Å². The predicted molar refractivity (Wildman–Crippen MR) is 48.6 cm³/mol. The van der Waals surface area contributed by atoms with E-state index >= 15 is 0 Å². The van der Waals surface area contributed by atoms with Gasteiger partial charge in [0.25, 0.3) is 0 Å². The molecule has 2 unspecified atom stereocenters. The molecule has 2 aliphatic rings. The third-order valence-electron chi connectivity index (χ3n) is 2.66. The zero-order valence-corrected chi connectivity index (χ0v) is 8.24. The first-order chi connectivity index (χ1) is 5.08. The summed E-state index contributed by atoms with van der Waals surface area (Å²) in [6.07, 6.45) is 5.08. The lowest BCUT2D eigenvalue weighted by Crippen LogP contribution is -2.06. The Morgan fingerprint density at radius 2 is 2.45 bits per heavy atom. The Balaban J connectivity index is 2.35. The van der Waals surface area contributed by atoms with Crippen LogP contribution in [0.2, 0.25) is 0 Å². The Kier molecular flexibility index (Phi) is 1.70. The summed E-state index contributed by atoms with van der Waals surface area (Å²) < 4.78 is 11.7. The highest BCUT2D eigenvalue weighted by Crippen LogP contribution is 2.66. The van der Waals surface area contributed by atoms with Crippen LogP contribution in [0.15, 0.2) is 11.6 Å². The molecule has 0 N–H and O–H groups in total. The van der Waals surface area contributed by atoms with Crippen molar-refractivity contribution in [3.05, 3.63) is 11.6 Å². The molecule has 1 nitrogen and oxygen atoms in total. The highest BCUT2D eigenvalue weighted by atomic mass is 35.7. The van der Waals surface area contributed by atoms with E-state index in [0.717, 1.165) is 19.0 Å². The first-order valence-corrected chi connectivity index (χ1v) is 6.90. The SMILES string of the molecule is CC1=CC2C[C@H](C1)CP2(=O)Cl. The Labute approximate surface area is 72.0 Å². The summed E-state index contributed by atoms with van der Waals surface area (Å²) in [7, 11) is 0. The van der Waals surface area contributed by atoms with Crippen molar-refractivity contribution in [1.29, 1.82) is 0 Å². The second-order valence-electron chi connectivity index (χ2n) is 3.77. The first-order valence-electron chi connectivity index (χ1n) is 4.03. The Hall–Kier alpha value is 0.260. The van der Waals surface area contributed by atoms with Crippen LogP contribution < -0.4 is 0 Å². The molecule has 11 heavy (non-hydrogen) atoms. The van der Waals surface area contributed by atoms with E-state index in [1.54, 1.807) is 0 Å². The van der Waals surface area contributed by atoms with Crippen molar-refractivity contribution in [1.82, 2.24) is 0 Å². The first kappa shape index (κ1) is 7.89. The van der Waals surface area contributed by atoms with Crippen LogP contribution in [0.1, 0.15) is 19.8 Å². The van der Waals surface area contributed by atoms with E-state index in [9.17, 15) is 4.57 Å². The standard InChI is InChI=1S/C8H12ClOP/c1-6-2-7-4-8(3-6)11(9,10)5-7/h3,7-8H,2,4-5H2,1H3/t7-,8?,11?/m0/s1. The number of rotatable bonds is 0. The van der Waals surface area contributed by atoms with Gasteiger partial charge in [-0.2, -0.15) is 0 Å². The zero-order valence-electron chi connectivity index (χ0n) is 6.59. The van der Waals surface area contributed by atoms with Crippen molar-refractivity contribution in [3.63, 3.8) is 0 Å². The summed E-state index contributed by atoms with van der Waals surface area (Å²) in [5, 5.41) is 0. The van der Waals surface area contributed by atoms with Crippen LogP contribution in [-0.4, -0.2) is 11.8 Å². The minimum atomic E-state index is -2.29. The summed E-state index contributed by atoms with van der Waals surface area (Å²) in [6, 6.07) is 0. The van der Waals surface area contributed by atoms with Crippen LogP contribution in [0.5, 0.6) is 0 Å². The van der Waals surface area contributed by atoms with Gasteiger partial charge in [0.15, 0.2) is 6.49 Å². The highest BCUT2D eigenvalue weighted by molar-refractivity contribution is 7.90. The molecule has 0 aromatic rings. The summed E-state index contributed by atoms with van der Waals surface area (Å²) in [5.74, 6) is 0.619. The van der Waals surface area contributed by atoms with E-state index in [1.165, 1.54) is 5.57 Å². The van der Waals surface area contributed by atoms with Crippen LogP contribution in [-0.2, 0) is 4.57 Å². The lowest BCUT2D eigenvalue weighted by molar-refractivity contribution is 0.550. The molecular weight excluding hydrogens is 179 g/mol. The van der Waals surface area contributed by atoms with Gasteiger partial charge in [0.05, 0.1) is 0 Å². The molecule has 1 saturated heterocycles. The normalized spacial score (nSPS) is 49.1. The smallest absolute Gasteiger partial charge is 0.176 e. The fourth-order valence-electron chi connectivity index (χ4n) is 2.24. The fraction of sp³-hybridized carbons (Fsp3) is 0.750. The number of fused-ring (bicyclic) bond motifs is 2. The number of allylic oxidation sites excluding steroid dienone is 2. The van der Waals surface area contributed by atoms with Crippen molar-refractivity contribution >= 4 is 17.7 Å². The zero-order chi connectivity index (χ0) is 8.06. The topological polar surface area (TPSA) is 17.1 Å². The van der Waals surface area contributed by atoms with E-state index < -0.39 is 6.49 Å². The van der Waals surface area contributed by atoms with Crippen molar-refractivity contribution in [2.24, 2.45) is 5.92 Å². The molecule has 0 saturated carbocycles. The summed E-state index contributed by atoms with van der Waals surface area (Å²) in [6.45, 7) is -0.176. The van der Waals surface area contributed by atoms with E-state index in [0.29, 0.717) is 5.92 Å². The molecule has 1 heterocycles. The third kappa shape index (κ3) is 1.29. The Bertz CT molecular complexity index is 259. The maximum atomic E-state index is 11.7. The fourth-order valence-corrected chi connectivity index (χ4v) is 5.58. The molecule has 1 aliphatic carbocycles. The summed E-state index contributed by atoms with van der Waals surface area (Å²) >= 11 is 5.94. The van der Waals surface area contributed by atoms with Crippen LogP contribution in [0, 0.1) is 5.92 Å². The molecule has 0 aromatic heterocycles. The van der Waals surface area contributed by atoms with Crippen molar-refractivity contribution in [2.75, 3.05) is 6.16 Å². The van der Waals surface area contributed by atoms with E-state index in [-0.39, 0.29) is 5.66 Å². The second-order valence-corrected chi connectivity index (χ2v) is 7.92. The maximum Gasteiger partial charge on any atom is 0.176 e. The lowest BCUT2D eigenvalue weighted by atomic mass is 9.91. The average molecular weight is 191 g/mol. The van der Waals surface area contributed by atoms with Crippen molar-refractivity contribution < 1.29 is 4.57 Å². The average Bonchev–Trinajstić information content (AvgIpc) is 2.02. The molecule has 0 spiro atoms. The van der Waals surface area contributed by atoms with Gasteiger partial charge in [0.1, 0.15) is 0 Å². The monoisotopic (exact) mass is 190 g/mol. The Morgan fingerprint density at radius 3 is 3.09 bits per heavy atom. The van der Waals surface area contributed by atoms with Crippen LogP contribution in [0.4, 0.5) is 0 Å². The van der Waals surface area contributed by atoms with Crippen LogP contribution in [0.3, 0.4) is 0 Å². The highest BCUT2D eigenvalue weighted by Gasteiger charge is 2.42. The van der Waals surface area contributed by atoms with Gasteiger partial charge in [-0.25, -0.2) is 0 Å². The number of halogens is 1. The van der Waals surface area contributed by atoms with Crippen molar-refractivity contribution in [3.8, 4) is 0 Å². The molecule has 3 atom stereocenters. The quantitative estimate of drug-likeness (QED) is 0.423. The molecule has 0 amide bonds. The van der Waals surface area contributed by atoms with Gasteiger partial charge in [-0.05, 0) is 25.7 Å². The van der Waals surface area contributed by atoms with Crippen molar-refractivity contribution in [2.45, 2.75) is 25.4 Å². The molecule has 3 heteroatoms. The lowest BCUT2D eigenvalue weighted by Gasteiger charge is -2.15. The van der Waals surface area contributed by atoms with Crippen LogP contribution in [0.25, 0.3) is 0 Å². The van der Waals surface area contributed by atoms with E-state index in [1.807, 2.05) is 0 Å². The van der Waals surface area contributed by atoms with Crippen LogP contribution >= 0.6 is 17.7 Å². The summed E-state index contributed by atoms with van der Waals surface area (Å²) in [4.78, 5) is 0. The molecule has 1 aliphatic heterocycles. The van der Waals surface area contributed by atoms with Gasteiger partial charge in [-0.1, -0.05) is 22.9 Å². The van der Waals surface area contributed by atoms with E-state index in [2.05, 4.69) is 13.0 Å². The molecule has 0 radical (unpaired) electrons. The third-order valence-corrected chi connectivity index (χ3v) is 6.20. The largest absolute Gasteiger partial charge is 0.306 e. The predicted octanol–water partition coefficient (Wildman–Crippen LogP) is 3.24. The van der Waals surface area contributed by atoms with E-state index in [4.69, 9.17) is 11.2 Å². The Morgan fingerprint density at radius 1 is 1.73 bits per heavy atom. The molecular formula is C8H12ClOP. The van der Waals surface area contributed by atoms with Gasteiger partial charge in [0.2, 0.25) is 0 Å². The maximum absolute atomic E-state index is 11.7. The molecule has 1 fully saturated rings. The number of hydrogen-bond donors (Lipinski definition) is 0. The minimum Gasteiger partial charge on any atom is -0.306 e. The molecule has 62 valence electrons. The molecule has 0 aromatic carbocycles. The van der Waals surface area contributed by atoms with Gasteiger partial charge < -0.3 is 4.57 Å². The van der Waals surface area contributed by atoms with Gasteiger partial charge in [0, 0.05) is 11.8 Å². The van der Waals surface area contributed by atoms with Gasteiger partial charge >= 0.3 is 0 Å². The molecule has 2 bridgehead atoms. The second kappa shape index (κ2) is 2.37. The number of hydrogen-bond acceptors (Lipinski definition) is 1. The summed E-state index contributed by atoms with van der Waals surface area (Å²) in [5.41, 5.74) is 1.59. The molecule has 2 rings (SSSR count).